The minimum absolute atomic E-state index is 0.0661. The number of hydrogen-bond acceptors (Lipinski definition) is 4. The van der Waals surface area contributed by atoms with Crippen LogP contribution in [-0.4, -0.2) is 34.5 Å². The predicted molar refractivity (Wildman–Crippen MR) is 81.7 cm³/mol. The van der Waals surface area contributed by atoms with Gasteiger partial charge in [0, 0.05) is 25.5 Å². The van der Waals surface area contributed by atoms with Crippen LogP contribution in [0.2, 0.25) is 5.02 Å². The van der Waals surface area contributed by atoms with Crippen LogP contribution in [0, 0.1) is 0 Å². The number of aromatic nitrogens is 2. The lowest BCUT2D eigenvalue weighted by molar-refractivity contribution is 0.0611. The van der Waals surface area contributed by atoms with Gasteiger partial charge in [0.15, 0.2) is 0 Å². The van der Waals surface area contributed by atoms with Crippen LogP contribution >= 0.6 is 11.6 Å². The van der Waals surface area contributed by atoms with Crippen molar-refractivity contribution >= 4 is 23.2 Å². The minimum atomic E-state index is -2.73. The zero-order chi connectivity index (χ0) is 17.1. The lowest BCUT2D eigenvalue weighted by atomic mass is 10.1. The highest BCUT2D eigenvalue weighted by molar-refractivity contribution is 6.33. The molecule has 0 spiro atoms. The molecule has 1 amide bonds. The van der Waals surface area contributed by atoms with E-state index in [1.54, 1.807) is 0 Å². The molecule has 0 atom stereocenters. The molecule has 23 heavy (non-hydrogen) atoms. The van der Waals surface area contributed by atoms with Crippen molar-refractivity contribution in [1.82, 2.24) is 14.5 Å². The van der Waals surface area contributed by atoms with Crippen molar-refractivity contribution in [3.63, 3.8) is 0 Å². The second kappa shape index (κ2) is 6.82. The van der Waals surface area contributed by atoms with Crippen molar-refractivity contribution in [2.45, 2.75) is 13.1 Å². The molecule has 2 aromatic rings. The Labute approximate surface area is 136 Å². The lowest BCUT2D eigenvalue weighted by Gasteiger charge is -2.19. The van der Waals surface area contributed by atoms with Gasteiger partial charge in [-0.1, -0.05) is 11.6 Å². The van der Waals surface area contributed by atoms with Crippen LogP contribution in [0.3, 0.4) is 0 Å². The van der Waals surface area contributed by atoms with Crippen molar-refractivity contribution < 1.29 is 18.3 Å². The summed E-state index contributed by atoms with van der Waals surface area (Å²) in [6.07, 6.45) is 2.40. The maximum atomic E-state index is 12.8. The first-order valence-electron chi connectivity index (χ1n) is 6.53. The number of amides is 1. The first kappa shape index (κ1) is 17.0. The number of nitrogens with two attached hydrogens (primary N) is 1. The Morgan fingerprint density at radius 1 is 1.52 bits per heavy atom. The van der Waals surface area contributed by atoms with E-state index in [4.69, 9.17) is 22.1 Å². The smallest absolute Gasteiger partial charge is 0.319 e. The number of methoxy groups -OCH3 is 1. The predicted octanol–water partition coefficient (Wildman–Crippen LogP) is 2.79. The number of halogens is 3. The molecule has 1 aromatic carbocycles. The van der Waals surface area contributed by atoms with E-state index in [0.717, 1.165) is 6.20 Å². The molecule has 2 rings (SSSR count). The average Bonchev–Trinajstić information content (AvgIpc) is 2.97. The van der Waals surface area contributed by atoms with Crippen LogP contribution in [0.5, 0.6) is 5.75 Å². The summed E-state index contributed by atoms with van der Waals surface area (Å²) in [5.41, 5.74) is 6.13. The van der Waals surface area contributed by atoms with Crippen molar-refractivity contribution in [2.24, 2.45) is 0 Å². The number of alkyl halides is 2. The van der Waals surface area contributed by atoms with Gasteiger partial charge >= 0.3 is 6.55 Å². The lowest BCUT2D eigenvalue weighted by Crippen LogP contribution is -2.28. The van der Waals surface area contributed by atoms with Crippen LogP contribution in [0.1, 0.15) is 22.7 Å². The molecule has 124 valence electrons. The molecule has 0 aliphatic heterocycles. The second-order valence-electron chi connectivity index (χ2n) is 4.76. The molecule has 0 aliphatic carbocycles. The first-order valence-corrected chi connectivity index (χ1v) is 6.91. The normalized spacial score (nSPS) is 10.9. The number of nitrogen functional groups attached to an aromatic ring is 1. The van der Waals surface area contributed by atoms with Gasteiger partial charge in [0.05, 0.1) is 29.9 Å². The highest BCUT2D eigenvalue weighted by Gasteiger charge is 2.21. The summed E-state index contributed by atoms with van der Waals surface area (Å²) in [6, 6.07) is 2.82. The van der Waals surface area contributed by atoms with Crippen molar-refractivity contribution in [2.75, 3.05) is 19.9 Å². The van der Waals surface area contributed by atoms with Gasteiger partial charge < -0.3 is 15.4 Å². The van der Waals surface area contributed by atoms with Crippen LogP contribution in [0.4, 0.5) is 14.5 Å². The number of anilines is 1. The third kappa shape index (κ3) is 3.53. The fraction of sp³-hybridized carbons (Fsp3) is 0.286. The molecular formula is C14H15ClF2N4O2. The van der Waals surface area contributed by atoms with E-state index in [0.29, 0.717) is 4.57 Å². The minimum Gasteiger partial charge on any atom is -0.496 e. The molecular weight excluding hydrogens is 330 g/mol. The van der Waals surface area contributed by atoms with E-state index in [-0.39, 0.29) is 34.4 Å². The fourth-order valence-electron chi connectivity index (χ4n) is 2.04. The van der Waals surface area contributed by atoms with Gasteiger partial charge in [-0.15, -0.1) is 0 Å². The number of carbonyl (C=O) groups is 1. The Morgan fingerprint density at radius 3 is 2.83 bits per heavy atom. The number of carbonyl (C=O) groups excluding carboxylic acids is 1. The average molecular weight is 345 g/mol. The number of benzene rings is 1. The fourth-order valence-corrected chi connectivity index (χ4v) is 2.20. The Bertz CT molecular complexity index is 721. The summed E-state index contributed by atoms with van der Waals surface area (Å²) < 4.78 is 31.5. The molecule has 1 heterocycles. The Hall–Kier alpha value is -2.35. The maximum absolute atomic E-state index is 12.8. The molecule has 2 N–H and O–H groups in total. The summed E-state index contributed by atoms with van der Waals surface area (Å²) in [6.45, 7) is -2.82. The highest BCUT2D eigenvalue weighted by Crippen LogP contribution is 2.29. The molecule has 0 aliphatic rings. The third-order valence-electron chi connectivity index (χ3n) is 3.23. The van der Waals surface area contributed by atoms with Crippen LogP contribution in [0.15, 0.2) is 24.5 Å². The molecule has 0 saturated heterocycles. The van der Waals surface area contributed by atoms with E-state index in [1.807, 2.05) is 0 Å². The van der Waals surface area contributed by atoms with Gasteiger partial charge in [-0.3, -0.25) is 9.36 Å². The summed E-state index contributed by atoms with van der Waals surface area (Å²) in [4.78, 5) is 17.6. The second-order valence-corrected chi connectivity index (χ2v) is 5.17. The first-order chi connectivity index (χ1) is 10.8. The molecule has 0 saturated carbocycles. The quantitative estimate of drug-likeness (QED) is 0.846. The maximum Gasteiger partial charge on any atom is 0.319 e. The molecule has 0 fully saturated rings. The SMILES string of the molecule is COc1cc(N)c(Cl)cc1C(=O)N(C)Cc1nccn1C(F)F. The summed E-state index contributed by atoms with van der Waals surface area (Å²) >= 11 is 5.93. The number of hydrogen-bond donors (Lipinski definition) is 1. The van der Waals surface area contributed by atoms with E-state index in [9.17, 15) is 13.6 Å². The monoisotopic (exact) mass is 344 g/mol. The zero-order valence-corrected chi connectivity index (χ0v) is 13.2. The van der Waals surface area contributed by atoms with E-state index >= 15 is 0 Å². The van der Waals surface area contributed by atoms with E-state index in [1.165, 1.54) is 37.4 Å². The topological polar surface area (TPSA) is 73.4 Å². The van der Waals surface area contributed by atoms with Crippen molar-refractivity contribution in [3.05, 3.63) is 40.9 Å². The zero-order valence-electron chi connectivity index (χ0n) is 12.5. The molecule has 9 heteroatoms. The number of nitrogens with zero attached hydrogens (tertiary/aromatic N) is 3. The summed E-state index contributed by atoms with van der Waals surface area (Å²) in [7, 11) is 2.86. The van der Waals surface area contributed by atoms with Gasteiger partial charge in [-0.25, -0.2) is 4.98 Å². The third-order valence-corrected chi connectivity index (χ3v) is 3.56. The Kier molecular flexibility index (Phi) is 5.05. The van der Waals surface area contributed by atoms with E-state index < -0.39 is 12.5 Å². The van der Waals surface area contributed by atoms with Crippen LogP contribution in [-0.2, 0) is 6.54 Å². The Balaban J connectivity index is 2.26. The number of imidazole rings is 1. The largest absolute Gasteiger partial charge is 0.496 e. The molecule has 0 unspecified atom stereocenters. The van der Waals surface area contributed by atoms with Gasteiger partial charge in [0.2, 0.25) is 0 Å². The van der Waals surface area contributed by atoms with Crippen LogP contribution < -0.4 is 10.5 Å². The number of ether oxygens (including phenoxy) is 1. The standard InChI is InChI=1S/C14H15ClF2N4O2/c1-20(7-12-19-3-4-21(12)14(16)17)13(22)8-5-9(15)10(18)6-11(8)23-2/h3-6,14H,7,18H2,1-2H3. The van der Waals surface area contributed by atoms with Gasteiger partial charge in [0.25, 0.3) is 5.91 Å². The van der Waals surface area contributed by atoms with E-state index in [2.05, 4.69) is 4.98 Å². The molecule has 0 bridgehead atoms. The van der Waals surface area contributed by atoms with Crippen LogP contribution in [0.25, 0.3) is 0 Å². The molecule has 1 aromatic heterocycles. The summed E-state index contributed by atoms with van der Waals surface area (Å²) in [5, 5.41) is 0.205. The van der Waals surface area contributed by atoms with Gasteiger partial charge in [-0.05, 0) is 6.07 Å². The van der Waals surface area contributed by atoms with Gasteiger partial charge in [-0.2, -0.15) is 8.78 Å². The van der Waals surface area contributed by atoms with Gasteiger partial charge in [0.1, 0.15) is 11.6 Å². The van der Waals surface area contributed by atoms with Crippen molar-refractivity contribution in [1.29, 1.82) is 0 Å². The number of rotatable bonds is 5. The Morgan fingerprint density at radius 2 is 2.22 bits per heavy atom. The van der Waals surface area contributed by atoms with Crippen molar-refractivity contribution in [3.8, 4) is 5.75 Å². The highest BCUT2D eigenvalue weighted by atomic mass is 35.5. The molecule has 0 radical (unpaired) electrons. The molecule has 6 nitrogen and oxygen atoms in total. The summed E-state index contributed by atoms with van der Waals surface area (Å²) in [5.74, 6) is -0.134.